The summed E-state index contributed by atoms with van der Waals surface area (Å²) in [5, 5.41) is 5.89. The lowest BCUT2D eigenvalue weighted by molar-refractivity contribution is -0.124. The van der Waals surface area contributed by atoms with Crippen molar-refractivity contribution in [3.05, 3.63) is 12.4 Å². The zero-order valence-corrected chi connectivity index (χ0v) is 12.2. The summed E-state index contributed by atoms with van der Waals surface area (Å²) in [5.74, 6) is 1.50. The minimum absolute atomic E-state index is 0.0781. The highest BCUT2D eigenvalue weighted by Gasteiger charge is 2.12. The van der Waals surface area contributed by atoms with Gasteiger partial charge in [-0.15, -0.1) is 0 Å². The standard InChI is InChI=1S/C13H21N5O3/c1-20-9-13(19)15-3-2-14-11-8-12(17-10-16-11)18-4-6-21-7-5-18/h8,10H,2-7,9H2,1H3,(H,15,19)(H,14,16,17). The molecule has 1 aliphatic rings. The Balaban J connectivity index is 1.77. The summed E-state index contributed by atoms with van der Waals surface area (Å²) in [6.45, 7) is 4.30. The van der Waals surface area contributed by atoms with E-state index in [4.69, 9.17) is 9.47 Å². The number of ether oxygens (including phenoxy) is 2. The molecular formula is C13H21N5O3. The van der Waals surface area contributed by atoms with Crippen LogP contribution < -0.4 is 15.5 Å². The number of methoxy groups -OCH3 is 1. The van der Waals surface area contributed by atoms with Crippen LogP contribution in [0, 0.1) is 0 Å². The van der Waals surface area contributed by atoms with Gasteiger partial charge < -0.3 is 25.0 Å². The van der Waals surface area contributed by atoms with Crippen LogP contribution in [0.5, 0.6) is 0 Å². The van der Waals surface area contributed by atoms with Crippen LogP contribution in [0.25, 0.3) is 0 Å². The van der Waals surface area contributed by atoms with E-state index in [0.717, 1.165) is 37.9 Å². The third-order valence-electron chi connectivity index (χ3n) is 3.02. The van der Waals surface area contributed by atoms with E-state index in [-0.39, 0.29) is 12.5 Å². The van der Waals surface area contributed by atoms with Gasteiger partial charge in [-0.25, -0.2) is 9.97 Å². The van der Waals surface area contributed by atoms with E-state index in [9.17, 15) is 4.79 Å². The number of hydrogen-bond acceptors (Lipinski definition) is 7. The van der Waals surface area contributed by atoms with E-state index < -0.39 is 0 Å². The fourth-order valence-electron chi connectivity index (χ4n) is 1.98. The normalized spacial score (nSPS) is 14.8. The number of carbonyl (C=O) groups is 1. The number of anilines is 2. The van der Waals surface area contributed by atoms with Crippen molar-refractivity contribution in [2.24, 2.45) is 0 Å². The van der Waals surface area contributed by atoms with Gasteiger partial charge in [0.1, 0.15) is 24.6 Å². The Hall–Kier alpha value is -1.93. The maximum atomic E-state index is 11.2. The Kier molecular flexibility index (Phi) is 6.17. The first-order valence-electron chi connectivity index (χ1n) is 6.94. The number of rotatable bonds is 7. The fourth-order valence-corrected chi connectivity index (χ4v) is 1.98. The van der Waals surface area contributed by atoms with Crippen molar-refractivity contribution in [2.75, 3.05) is 63.3 Å². The van der Waals surface area contributed by atoms with Gasteiger partial charge in [0.05, 0.1) is 13.2 Å². The second-order valence-corrected chi connectivity index (χ2v) is 4.57. The van der Waals surface area contributed by atoms with Gasteiger partial charge >= 0.3 is 0 Å². The quantitative estimate of drug-likeness (QED) is 0.655. The van der Waals surface area contributed by atoms with Crippen LogP contribution >= 0.6 is 0 Å². The average molecular weight is 295 g/mol. The van der Waals surface area contributed by atoms with Gasteiger partial charge in [-0.05, 0) is 0 Å². The van der Waals surface area contributed by atoms with Gasteiger partial charge in [0.2, 0.25) is 5.91 Å². The van der Waals surface area contributed by atoms with Crippen LogP contribution in [0.1, 0.15) is 0 Å². The molecule has 0 atom stereocenters. The van der Waals surface area contributed by atoms with Crippen molar-refractivity contribution < 1.29 is 14.3 Å². The van der Waals surface area contributed by atoms with Crippen LogP contribution in [0.3, 0.4) is 0 Å². The molecule has 1 saturated heterocycles. The molecule has 1 aromatic rings. The molecule has 0 saturated carbocycles. The minimum Gasteiger partial charge on any atom is -0.378 e. The highest BCUT2D eigenvalue weighted by atomic mass is 16.5. The summed E-state index contributed by atoms with van der Waals surface area (Å²) in [4.78, 5) is 21.8. The van der Waals surface area contributed by atoms with Crippen LogP contribution in [0.4, 0.5) is 11.6 Å². The smallest absolute Gasteiger partial charge is 0.246 e. The topological polar surface area (TPSA) is 88.6 Å². The molecule has 1 fully saturated rings. The molecule has 8 nitrogen and oxygen atoms in total. The maximum Gasteiger partial charge on any atom is 0.246 e. The molecule has 1 aliphatic heterocycles. The summed E-state index contributed by atoms with van der Waals surface area (Å²) < 4.78 is 10.1. The maximum absolute atomic E-state index is 11.2. The first-order valence-corrected chi connectivity index (χ1v) is 6.94. The highest BCUT2D eigenvalue weighted by Crippen LogP contribution is 2.14. The first-order chi connectivity index (χ1) is 10.3. The van der Waals surface area contributed by atoms with Crippen molar-refractivity contribution >= 4 is 17.5 Å². The Morgan fingerprint density at radius 2 is 2.19 bits per heavy atom. The van der Waals surface area contributed by atoms with Crippen LogP contribution in [0.15, 0.2) is 12.4 Å². The lowest BCUT2D eigenvalue weighted by atomic mass is 10.4. The van der Waals surface area contributed by atoms with Crippen molar-refractivity contribution in [1.82, 2.24) is 15.3 Å². The molecule has 1 amide bonds. The molecule has 8 heteroatoms. The number of carbonyl (C=O) groups excluding carboxylic acids is 1. The molecular weight excluding hydrogens is 274 g/mol. The number of hydrogen-bond donors (Lipinski definition) is 2. The van der Waals surface area contributed by atoms with Gasteiger partial charge in [0.15, 0.2) is 0 Å². The van der Waals surface area contributed by atoms with Crippen LogP contribution in [0.2, 0.25) is 0 Å². The molecule has 1 aromatic heterocycles. The van der Waals surface area contributed by atoms with Crippen LogP contribution in [-0.2, 0) is 14.3 Å². The lowest BCUT2D eigenvalue weighted by Crippen LogP contribution is -2.36. The SMILES string of the molecule is COCC(=O)NCCNc1cc(N2CCOCC2)ncn1. The Labute approximate surface area is 123 Å². The van der Waals surface area contributed by atoms with Crippen molar-refractivity contribution in [3.63, 3.8) is 0 Å². The molecule has 0 bridgehead atoms. The van der Waals surface area contributed by atoms with Crippen molar-refractivity contribution in [1.29, 1.82) is 0 Å². The predicted octanol–water partition coefficient (Wildman–Crippen LogP) is -0.512. The van der Waals surface area contributed by atoms with Gasteiger partial charge in [0, 0.05) is 39.4 Å². The Morgan fingerprint density at radius 1 is 1.38 bits per heavy atom. The van der Waals surface area contributed by atoms with E-state index in [2.05, 4.69) is 25.5 Å². The zero-order valence-electron chi connectivity index (χ0n) is 12.2. The molecule has 2 heterocycles. The molecule has 116 valence electrons. The second-order valence-electron chi connectivity index (χ2n) is 4.57. The Morgan fingerprint density at radius 3 is 2.95 bits per heavy atom. The number of amides is 1. The molecule has 21 heavy (non-hydrogen) atoms. The lowest BCUT2D eigenvalue weighted by Gasteiger charge is -2.27. The monoisotopic (exact) mass is 295 g/mol. The molecule has 0 radical (unpaired) electrons. The molecule has 2 rings (SSSR count). The summed E-state index contributed by atoms with van der Waals surface area (Å²) >= 11 is 0. The van der Waals surface area contributed by atoms with E-state index >= 15 is 0 Å². The van der Waals surface area contributed by atoms with Gasteiger partial charge in [-0.1, -0.05) is 0 Å². The number of morpholine rings is 1. The number of aromatic nitrogens is 2. The summed E-state index contributed by atoms with van der Waals surface area (Å²) in [7, 11) is 1.49. The second kappa shape index (κ2) is 8.38. The number of nitrogens with zero attached hydrogens (tertiary/aromatic N) is 3. The van der Waals surface area contributed by atoms with E-state index in [1.165, 1.54) is 13.4 Å². The third-order valence-corrected chi connectivity index (χ3v) is 3.02. The van der Waals surface area contributed by atoms with E-state index in [1.54, 1.807) is 0 Å². The first kappa shape index (κ1) is 15.5. The predicted molar refractivity (Wildman–Crippen MR) is 78.4 cm³/mol. The van der Waals surface area contributed by atoms with Crippen LogP contribution in [-0.4, -0.2) is 69.0 Å². The minimum atomic E-state index is -0.129. The number of nitrogens with one attached hydrogen (secondary N) is 2. The average Bonchev–Trinajstić information content (AvgIpc) is 2.53. The van der Waals surface area contributed by atoms with Gasteiger partial charge in [0.25, 0.3) is 0 Å². The van der Waals surface area contributed by atoms with Crippen molar-refractivity contribution in [2.45, 2.75) is 0 Å². The summed E-state index contributed by atoms with van der Waals surface area (Å²) in [6.07, 6.45) is 1.54. The fraction of sp³-hybridized carbons (Fsp3) is 0.615. The van der Waals surface area contributed by atoms with E-state index in [0.29, 0.717) is 13.1 Å². The van der Waals surface area contributed by atoms with Crippen molar-refractivity contribution in [3.8, 4) is 0 Å². The summed E-state index contributed by atoms with van der Waals surface area (Å²) in [6, 6.07) is 1.91. The van der Waals surface area contributed by atoms with Gasteiger partial charge in [-0.2, -0.15) is 0 Å². The Bertz CT molecular complexity index is 451. The molecule has 0 aromatic carbocycles. The van der Waals surface area contributed by atoms with Gasteiger partial charge in [-0.3, -0.25) is 4.79 Å². The summed E-state index contributed by atoms with van der Waals surface area (Å²) in [5.41, 5.74) is 0. The van der Waals surface area contributed by atoms with E-state index in [1.807, 2.05) is 6.07 Å². The third kappa shape index (κ3) is 5.16. The largest absolute Gasteiger partial charge is 0.378 e. The highest BCUT2D eigenvalue weighted by molar-refractivity contribution is 5.77. The molecule has 0 unspecified atom stereocenters. The molecule has 2 N–H and O–H groups in total. The zero-order chi connectivity index (χ0) is 14.9. The molecule has 0 spiro atoms. The molecule has 0 aliphatic carbocycles.